The van der Waals surface area contributed by atoms with Crippen LogP contribution in [0.5, 0.6) is 0 Å². The molecule has 0 radical (unpaired) electrons. The molecule has 6 heteroatoms. The number of amides is 1. The monoisotopic (exact) mass is 238 g/mol. The van der Waals surface area contributed by atoms with Crippen molar-refractivity contribution >= 4 is 5.91 Å². The predicted molar refractivity (Wildman–Crippen MR) is 53.6 cm³/mol. The Balaban J connectivity index is 2.74. The minimum Gasteiger partial charge on any atom is -0.330 e. The van der Waals surface area contributed by atoms with Gasteiger partial charge in [-0.25, -0.2) is 0 Å². The van der Waals surface area contributed by atoms with Gasteiger partial charge < -0.3 is 10.6 Å². The lowest BCUT2D eigenvalue weighted by Gasteiger charge is -2.31. The van der Waals surface area contributed by atoms with Crippen LogP contribution in [0.25, 0.3) is 0 Å². The van der Waals surface area contributed by atoms with E-state index in [1.54, 1.807) is 13.8 Å². The topological polar surface area (TPSA) is 46.3 Å². The van der Waals surface area contributed by atoms with Gasteiger partial charge in [0.15, 0.2) is 0 Å². The maximum Gasteiger partial charge on any atom is 0.406 e. The summed E-state index contributed by atoms with van der Waals surface area (Å²) >= 11 is 0. The lowest BCUT2D eigenvalue weighted by atomic mass is 9.91. The van der Waals surface area contributed by atoms with Crippen LogP contribution in [0.2, 0.25) is 0 Å². The van der Waals surface area contributed by atoms with Crippen molar-refractivity contribution in [3.8, 4) is 0 Å². The Morgan fingerprint density at radius 1 is 1.38 bits per heavy atom. The van der Waals surface area contributed by atoms with Gasteiger partial charge in [-0.05, 0) is 26.7 Å². The van der Waals surface area contributed by atoms with E-state index in [-0.39, 0.29) is 12.6 Å². The largest absolute Gasteiger partial charge is 0.406 e. The van der Waals surface area contributed by atoms with Gasteiger partial charge in [-0.2, -0.15) is 13.2 Å². The van der Waals surface area contributed by atoms with Gasteiger partial charge in [-0.3, -0.25) is 4.79 Å². The molecule has 0 bridgehead atoms. The summed E-state index contributed by atoms with van der Waals surface area (Å²) in [6.07, 6.45) is -3.03. The summed E-state index contributed by atoms with van der Waals surface area (Å²) in [5.41, 5.74) is 4.48. The van der Waals surface area contributed by atoms with Crippen LogP contribution in [0.4, 0.5) is 13.2 Å². The molecule has 1 aliphatic rings. The number of hydrogen-bond donors (Lipinski definition) is 1. The van der Waals surface area contributed by atoms with E-state index >= 15 is 0 Å². The second-order valence-electron chi connectivity index (χ2n) is 4.87. The molecule has 0 aromatic rings. The lowest BCUT2D eigenvalue weighted by molar-refractivity contribution is -0.167. The fourth-order valence-electron chi connectivity index (χ4n) is 1.42. The molecule has 0 spiro atoms. The first-order valence-electron chi connectivity index (χ1n) is 5.25. The normalized spacial score (nSPS) is 17.4. The van der Waals surface area contributed by atoms with E-state index in [0.717, 1.165) is 4.90 Å². The Morgan fingerprint density at radius 2 is 1.88 bits per heavy atom. The van der Waals surface area contributed by atoms with Crippen LogP contribution in [0.1, 0.15) is 26.7 Å². The third kappa shape index (κ3) is 3.37. The zero-order valence-electron chi connectivity index (χ0n) is 9.47. The maximum atomic E-state index is 12.3. The molecule has 0 aromatic heterocycles. The second-order valence-corrected chi connectivity index (χ2v) is 4.87. The molecule has 1 rings (SSSR count). The van der Waals surface area contributed by atoms with Gasteiger partial charge >= 0.3 is 6.18 Å². The van der Waals surface area contributed by atoms with Crippen LogP contribution < -0.4 is 5.73 Å². The van der Waals surface area contributed by atoms with Crippen LogP contribution in [0.15, 0.2) is 0 Å². The molecule has 0 aliphatic heterocycles. The first-order chi connectivity index (χ1) is 7.17. The highest BCUT2D eigenvalue weighted by atomic mass is 19.4. The smallest absolute Gasteiger partial charge is 0.330 e. The Kier molecular flexibility index (Phi) is 3.52. The number of carbonyl (C=O) groups is 1. The Hall–Kier alpha value is -0.780. The quantitative estimate of drug-likeness (QED) is 0.807. The molecular formula is C10H17F3N2O. The van der Waals surface area contributed by atoms with E-state index in [2.05, 4.69) is 0 Å². The number of rotatable bonds is 4. The van der Waals surface area contributed by atoms with Gasteiger partial charge in [-0.1, -0.05) is 0 Å². The maximum absolute atomic E-state index is 12.3. The summed E-state index contributed by atoms with van der Waals surface area (Å²) < 4.78 is 37.0. The van der Waals surface area contributed by atoms with Gasteiger partial charge in [-0.15, -0.1) is 0 Å². The summed E-state index contributed by atoms with van der Waals surface area (Å²) in [7, 11) is 0. The Labute approximate surface area is 92.8 Å². The zero-order chi connectivity index (χ0) is 12.6. The highest BCUT2D eigenvalue weighted by Gasteiger charge is 2.44. The SMILES string of the molecule is CC(C)(CN)C(=O)N(CC(F)(F)F)C1CC1. The summed E-state index contributed by atoms with van der Waals surface area (Å²) in [4.78, 5) is 12.8. The molecule has 0 unspecified atom stereocenters. The molecule has 1 amide bonds. The highest BCUT2D eigenvalue weighted by molar-refractivity contribution is 5.82. The molecule has 94 valence electrons. The molecule has 16 heavy (non-hydrogen) atoms. The molecule has 1 aliphatic carbocycles. The van der Waals surface area contributed by atoms with E-state index < -0.39 is 24.0 Å². The molecule has 3 nitrogen and oxygen atoms in total. The molecule has 0 aromatic carbocycles. The van der Waals surface area contributed by atoms with E-state index in [9.17, 15) is 18.0 Å². The van der Waals surface area contributed by atoms with Crippen LogP contribution in [-0.2, 0) is 4.79 Å². The van der Waals surface area contributed by atoms with Crippen molar-refractivity contribution in [3.63, 3.8) is 0 Å². The van der Waals surface area contributed by atoms with Gasteiger partial charge in [0, 0.05) is 12.6 Å². The molecule has 1 fully saturated rings. The first kappa shape index (κ1) is 13.3. The molecule has 0 heterocycles. The third-order valence-corrected chi connectivity index (χ3v) is 2.69. The highest BCUT2D eigenvalue weighted by Crippen LogP contribution is 2.33. The van der Waals surface area contributed by atoms with E-state index in [1.807, 2.05) is 0 Å². The van der Waals surface area contributed by atoms with Crippen LogP contribution in [-0.4, -0.2) is 36.1 Å². The fourth-order valence-corrected chi connectivity index (χ4v) is 1.42. The van der Waals surface area contributed by atoms with Crippen molar-refractivity contribution in [1.29, 1.82) is 0 Å². The zero-order valence-corrected chi connectivity index (χ0v) is 9.47. The summed E-state index contributed by atoms with van der Waals surface area (Å²) in [5, 5.41) is 0. The number of carbonyl (C=O) groups excluding carboxylic acids is 1. The second kappa shape index (κ2) is 4.24. The Morgan fingerprint density at radius 3 is 2.19 bits per heavy atom. The van der Waals surface area contributed by atoms with Gasteiger partial charge in [0.1, 0.15) is 6.54 Å². The molecule has 0 atom stereocenters. The minimum atomic E-state index is -4.34. The van der Waals surface area contributed by atoms with Crippen molar-refractivity contribution in [2.24, 2.45) is 11.1 Å². The summed E-state index contributed by atoms with van der Waals surface area (Å²) in [5.74, 6) is -0.505. The van der Waals surface area contributed by atoms with E-state index in [1.165, 1.54) is 0 Å². The standard InChI is InChI=1S/C10H17F3N2O/c1-9(2,5-14)8(16)15(7-3-4-7)6-10(11,12)13/h7H,3-6,14H2,1-2H3. The molecular weight excluding hydrogens is 221 g/mol. The molecule has 1 saturated carbocycles. The number of nitrogens with zero attached hydrogens (tertiary/aromatic N) is 1. The van der Waals surface area contributed by atoms with Crippen LogP contribution >= 0.6 is 0 Å². The van der Waals surface area contributed by atoms with Crippen LogP contribution in [0, 0.1) is 5.41 Å². The minimum absolute atomic E-state index is 0.0485. The summed E-state index contributed by atoms with van der Waals surface area (Å²) in [6, 6.07) is -0.250. The van der Waals surface area contributed by atoms with Crippen molar-refractivity contribution < 1.29 is 18.0 Å². The van der Waals surface area contributed by atoms with Crippen molar-refractivity contribution in [2.75, 3.05) is 13.1 Å². The number of hydrogen-bond acceptors (Lipinski definition) is 2. The third-order valence-electron chi connectivity index (χ3n) is 2.69. The van der Waals surface area contributed by atoms with Gasteiger partial charge in [0.25, 0.3) is 0 Å². The average molecular weight is 238 g/mol. The number of halogens is 3. The lowest BCUT2D eigenvalue weighted by Crippen LogP contribution is -2.49. The number of nitrogens with two attached hydrogens (primary N) is 1. The predicted octanol–water partition coefficient (Wildman–Crippen LogP) is 1.52. The van der Waals surface area contributed by atoms with Crippen molar-refractivity contribution in [2.45, 2.75) is 38.9 Å². The van der Waals surface area contributed by atoms with Gasteiger partial charge in [0.05, 0.1) is 5.41 Å². The summed E-state index contributed by atoms with van der Waals surface area (Å²) in [6.45, 7) is 2.02. The van der Waals surface area contributed by atoms with Crippen molar-refractivity contribution in [3.05, 3.63) is 0 Å². The van der Waals surface area contributed by atoms with E-state index in [4.69, 9.17) is 5.73 Å². The first-order valence-corrected chi connectivity index (χ1v) is 5.25. The fraction of sp³-hybridized carbons (Fsp3) is 0.900. The number of alkyl halides is 3. The van der Waals surface area contributed by atoms with Gasteiger partial charge in [0.2, 0.25) is 5.91 Å². The molecule has 2 N–H and O–H groups in total. The van der Waals surface area contributed by atoms with Crippen molar-refractivity contribution in [1.82, 2.24) is 4.90 Å². The van der Waals surface area contributed by atoms with E-state index in [0.29, 0.717) is 12.8 Å². The molecule has 0 saturated heterocycles. The average Bonchev–Trinajstić information content (AvgIpc) is 2.95. The Bertz CT molecular complexity index is 272. The van der Waals surface area contributed by atoms with Crippen LogP contribution in [0.3, 0.4) is 0 Å².